The van der Waals surface area contributed by atoms with Crippen LogP contribution < -0.4 is 11.3 Å². The number of rotatable bonds is 10. The maximum atomic E-state index is 5.67. The van der Waals surface area contributed by atoms with Crippen molar-refractivity contribution < 1.29 is 0 Å². The van der Waals surface area contributed by atoms with Crippen LogP contribution in [0.25, 0.3) is 0 Å². The van der Waals surface area contributed by atoms with E-state index in [1.54, 1.807) is 0 Å². The first-order valence-corrected chi connectivity index (χ1v) is 9.04. The van der Waals surface area contributed by atoms with Crippen LogP contribution in [-0.2, 0) is 0 Å². The van der Waals surface area contributed by atoms with E-state index in [9.17, 15) is 0 Å². The van der Waals surface area contributed by atoms with Crippen LogP contribution in [0.15, 0.2) is 21.2 Å². The van der Waals surface area contributed by atoms with Crippen LogP contribution in [-0.4, -0.2) is 4.98 Å². The molecule has 0 radical (unpaired) electrons. The molecule has 1 atom stereocenters. The SMILES string of the molecule is CCCCCCCCCC(NN)c1ncc(Br)cc1Br. The Bertz CT molecular complexity index is 385. The van der Waals surface area contributed by atoms with Gasteiger partial charge in [0.25, 0.3) is 0 Å². The Labute approximate surface area is 139 Å². The summed E-state index contributed by atoms with van der Waals surface area (Å²) in [6.07, 6.45) is 12.0. The zero-order chi connectivity index (χ0) is 14.8. The lowest BCUT2D eigenvalue weighted by Gasteiger charge is -2.16. The molecule has 0 aliphatic rings. The molecule has 1 aromatic rings. The van der Waals surface area contributed by atoms with Gasteiger partial charge in [-0.25, -0.2) is 0 Å². The van der Waals surface area contributed by atoms with Crippen molar-refractivity contribution in [2.75, 3.05) is 0 Å². The van der Waals surface area contributed by atoms with E-state index in [2.05, 4.69) is 49.2 Å². The zero-order valence-corrected chi connectivity index (χ0v) is 15.3. The number of aromatic nitrogens is 1. The van der Waals surface area contributed by atoms with Crippen molar-refractivity contribution in [2.24, 2.45) is 5.84 Å². The average molecular weight is 407 g/mol. The van der Waals surface area contributed by atoms with Crippen molar-refractivity contribution >= 4 is 31.9 Å². The van der Waals surface area contributed by atoms with Crippen LogP contribution in [0.5, 0.6) is 0 Å². The van der Waals surface area contributed by atoms with Gasteiger partial charge in [-0.1, -0.05) is 51.9 Å². The number of hydrogen-bond donors (Lipinski definition) is 2. The summed E-state index contributed by atoms with van der Waals surface area (Å²) in [4.78, 5) is 4.45. The fourth-order valence-electron chi connectivity index (χ4n) is 2.29. The van der Waals surface area contributed by atoms with E-state index in [1.165, 1.54) is 44.9 Å². The van der Waals surface area contributed by atoms with Crippen molar-refractivity contribution in [1.82, 2.24) is 10.4 Å². The van der Waals surface area contributed by atoms with Gasteiger partial charge in [0.15, 0.2) is 0 Å². The average Bonchev–Trinajstić information content (AvgIpc) is 2.43. The molecule has 20 heavy (non-hydrogen) atoms. The fourth-order valence-corrected chi connectivity index (χ4v) is 3.55. The molecule has 1 unspecified atom stereocenters. The van der Waals surface area contributed by atoms with Crippen molar-refractivity contribution in [2.45, 2.75) is 64.3 Å². The normalized spacial score (nSPS) is 12.6. The molecule has 0 amide bonds. The van der Waals surface area contributed by atoms with Crippen LogP contribution in [0.3, 0.4) is 0 Å². The summed E-state index contributed by atoms with van der Waals surface area (Å²) in [7, 11) is 0. The summed E-state index contributed by atoms with van der Waals surface area (Å²) in [6.45, 7) is 2.25. The van der Waals surface area contributed by atoms with E-state index < -0.39 is 0 Å². The van der Waals surface area contributed by atoms with E-state index in [0.29, 0.717) is 0 Å². The summed E-state index contributed by atoms with van der Waals surface area (Å²) in [5, 5.41) is 0. The lowest BCUT2D eigenvalue weighted by Crippen LogP contribution is -2.29. The number of pyridine rings is 1. The fraction of sp³-hybridized carbons (Fsp3) is 0.667. The maximum absolute atomic E-state index is 5.67. The Hall–Kier alpha value is 0.0300. The molecule has 0 saturated carbocycles. The second-order valence-corrected chi connectivity index (χ2v) is 6.92. The monoisotopic (exact) mass is 405 g/mol. The molecular formula is C15H25Br2N3. The summed E-state index contributed by atoms with van der Waals surface area (Å²) < 4.78 is 1.97. The minimum Gasteiger partial charge on any atom is -0.271 e. The van der Waals surface area contributed by atoms with Crippen molar-refractivity contribution in [3.05, 3.63) is 26.9 Å². The molecule has 0 bridgehead atoms. The van der Waals surface area contributed by atoms with E-state index in [4.69, 9.17) is 5.84 Å². The highest BCUT2D eigenvalue weighted by atomic mass is 79.9. The highest BCUT2D eigenvalue weighted by Crippen LogP contribution is 2.27. The summed E-state index contributed by atoms with van der Waals surface area (Å²) >= 11 is 6.97. The minimum absolute atomic E-state index is 0.119. The van der Waals surface area contributed by atoms with Crippen molar-refractivity contribution in [3.8, 4) is 0 Å². The predicted molar refractivity (Wildman–Crippen MR) is 92.3 cm³/mol. The van der Waals surface area contributed by atoms with Crippen LogP contribution in [0.2, 0.25) is 0 Å². The predicted octanol–water partition coefficient (Wildman–Crippen LogP) is 5.25. The first-order chi connectivity index (χ1) is 9.69. The quantitative estimate of drug-likeness (QED) is 0.317. The van der Waals surface area contributed by atoms with Gasteiger partial charge in [-0.05, 0) is 44.3 Å². The van der Waals surface area contributed by atoms with Crippen LogP contribution in [0.4, 0.5) is 0 Å². The maximum Gasteiger partial charge on any atom is 0.0729 e. The highest BCUT2D eigenvalue weighted by molar-refractivity contribution is 9.11. The summed E-state index contributed by atoms with van der Waals surface area (Å²) in [5.74, 6) is 5.67. The molecule has 0 spiro atoms. The van der Waals surface area contributed by atoms with Gasteiger partial charge in [0.1, 0.15) is 0 Å². The Morgan fingerprint density at radius 3 is 2.40 bits per heavy atom. The second-order valence-electron chi connectivity index (χ2n) is 5.15. The lowest BCUT2D eigenvalue weighted by molar-refractivity contribution is 0.466. The largest absolute Gasteiger partial charge is 0.271 e. The third-order valence-electron chi connectivity index (χ3n) is 3.46. The summed E-state index contributed by atoms with van der Waals surface area (Å²) in [6, 6.07) is 2.13. The highest BCUT2D eigenvalue weighted by Gasteiger charge is 2.14. The Morgan fingerprint density at radius 2 is 1.80 bits per heavy atom. The molecule has 0 aliphatic heterocycles. The molecule has 114 valence electrons. The number of nitrogens with zero attached hydrogens (tertiary/aromatic N) is 1. The Morgan fingerprint density at radius 1 is 1.15 bits per heavy atom. The zero-order valence-electron chi connectivity index (χ0n) is 12.2. The van der Waals surface area contributed by atoms with Gasteiger partial charge < -0.3 is 0 Å². The number of nitrogens with one attached hydrogen (secondary N) is 1. The van der Waals surface area contributed by atoms with Gasteiger partial charge >= 0.3 is 0 Å². The van der Waals surface area contributed by atoms with Gasteiger partial charge in [-0.2, -0.15) is 0 Å². The molecule has 1 aromatic heterocycles. The van der Waals surface area contributed by atoms with E-state index in [1.807, 2.05) is 12.3 Å². The van der Waals surface area contributed by atoms with Gasteiger partial charge in [-0.15, -0.1) is 0 Å². The van der Waals surface area contributed by atoms with E-state index in [0.717, 1.165) is 21.1 Å². The molecule has 3 N–H and O–H groups in total. The number of unbranched alkanes of at least 4 members (excludes halogenated alkanes) is 6. The van der Waals surface area contributed by atoms with Crippen molar-refractivity contribution in [3.63, 3.8) is 0 Å². The van der Waals surface area contributed by atoms with E-state index in [-0.39, 0.29) is 6.04 Å². The number of nitrogens with two attached hydrogens (primary N) is 1. The Kier molecular flexibility index (Phi) is 9.68. The molecule has 0 aromatic carbocycles. The van der Waals surface area contributed by atoms with Gasteiger partial charge in [0.05, 0.1) is 11.7 Å². The standard InChI is InChI=1S/C15H25Br2N3/c1-2-3-4-5-6-7-8-9-14(20-18)15-13(17)10-12(16)11-19-15/h10-11,14,20H,2-9,18H2,1H3. The van der Waals surface area contributed by atoms with Crippen molar-refractivity contribution in [1.29, 1.82) is 0 Å². The van der Waals surface area contributed by atoms with Gasteiger partial charge in [0, 0.05) is 15.1 Å². The molecule has 5 heteroatoms. The lowest BCUT2D eigenvalue weighted by atomic mass is 10.0. The topological polar surface area (TPSA) is 50.9 Å². The molecule has 1 rings (SSSR count). The molecule has 1 heterocycles. The smallest absolute Gasteiger partial charge is 0.0729 e. The first kappa shape index (κ1) is 18.1. The molecular weight excluding hydrogens is 382 g/mol. The second kappa shape index (κ2) is 10.7. The van der Waals surface area contributed by atoms with Crippen LogP contribution in [0, 0.1) is 0 Å². The minimum atomic E-state index is 0.119. The van der Waals surface area contributed by atoms with Crippen LogP contribution in [0.1, 0.15) is 70.0 Å². The summed E-state index contributed by atoms with van der Waals surface area (Å²) in [5.41, 5.74) is 3.87. The Balaban J connectivity index is 2.32. The third-order valence-corrected chi connectivity index (χ3v) is 4.53. The van der Waals surface area contributed by atoms with E-state index >= 15 is 0 Å². The van der Waals surface area contributed by atoms with Crippen LogP contribution >= 0.6 is 31.9 Å². The number of hydrogen-bond acceptors (Lipinski definition) is 3. The number of hydrazine groups is 1. The number of halogens is 2. The van der Waals surface area contributed by atoms with Gasteiger partial charge in [0.2, 0.25) is 0 Å². The first-order valence-electron chi connectivity index (χ1n) is 7.46. The molecule has 0 aliphatic carbocycles. The molecule has 0 saturated heterocycles. The van der Waals surface area contributed by atoms with Gasteiger partial charge in [-0.3, -0.25) is 16.3 Å². The molecule has 0 fully saturated rings. The molecule has 3 nitrogen and oxygen atoms in total. The third kappa shape index (κ3) is 6.66.